The van der Waals surface area contributed by atoms with E-state index in [1.54, 1.807) is 0 Å². The lowest BCUT2D eigenvalue weighted by Crippen LogP contribution is -2.51. The lowest BCUT2D eigenvalue weighted by molar-refractivity contribution is -0.157. The molecule has 2 rings (SSSR count). The minimum absolute atomic E-state index is 0.0845. The minimum atomic E-state index is -0.534. The van der Waals surface area contributed by atoms with Crippen LogP contribution in [-0.4, -0.2) is 30.3 Å². The van der Waals surface area contributed by atoms with Crippen molar-refractivity contribution in [1.82, 2.24) is 5.32 Å². The third kappa shape index (κ3) is 3.28. The van der Waals surface area contributed by atoms with Crippen LogP contribution in [0.1, 0.15) is 33.6 Å². The van der Waals surface area contributed by atoms with Gasteiger partial charge in [-0.15, -0.1) is 0 Å². The molecule has 0 spiro atoms. The van der Waals surface area contributed by atoms with Crippen molar-refractivity contribution in [3.05, 3.63) is 12.2 Å². The molecule has 5 heteroatoms. The van der Waals surface area contributed by atoms with Gasteiger partial charge in [-0.3, -0.25) is 4.79 Å². The first-order valence-corrected chi connectivity index (χ1v) is 6.59. The third-order valence-electron chi connectivity index (χ3n) is 3.48. The second-order valence-corrected chi connectivity index (χ2v) is 6.31. The van der Waals surface area contributed by atoms with Gasteiger partial charge in [0.15, 0.2) is 0 Å². The molecule has 3 atom stereocenters. The van der Waals surface area contributed by atoms with Gasteiger partial charge in [0.05, 0.1) is 12.0 Å². The van der Waals surface area contributed by atoms with Gasteiger partial charge in [0.25, 0.3) is 0 Å². The molecule has 106 valence electrons. The first kappa shape index (κ1) is 13.9. The summed E-state index contributed by atoms with van der Waals surface area (Å²) < 4.78 is 10.4. The zero-order valence-electron chi connectivity index (χ0n) is 11.7. The standard InChI is InChI=1S/C14H21NO4/c1-8-5-9-10(6-8)12(16)18-7-11(9)15-13(17)19-14(2,3)4/h9-11H,1,5-7H2,2-4H3,(H,15,17)/t9-,10+,11-/m1/s1. The van der Waals surface area contributed by atoms with E-state index in [2.05, 4.69) is 11.9 Å². The number of cyclic esters (lactones) is 1. The minimum Gasteiger partial charge on any atom is -0.463 e. The fourth-order valence-corrected chi connectivity index (χ4v) is 2.71. The summed E-state index contributed by atoms with van der Waals surface area (Å²) in [4.78, 5) is 23.5. The molecule has 1 aliphatic carbocycles. The number of fused-ring (bicyclic) bond motifs is 1. The Hall–Kier alpha value is -1.52. The van der Waals surface area contributed by atoms with Crippen LogP contribution in [0.4, 0.5) is 4.79 Å². The zero-order chi connectivity index (χ0) is 14.2. The first-order valence-electron chi connectivity index (χ1n) is 6.59. The quantitative estimate of drug-likeness (QED) is 0.583. The molecular formula is C14H21NO4. The molecule has 0 aromatic carbocycles. The van der Waals surface area contributed by atoms with Crippen LogP contribution in [0, 0.1) is 11.8 Å². The topological polar surface area (TPSA) is 64.6 Å². The van der Waals surface area contributed by atoms with Crippen LogP contribution in [0.25, 0.3) is 0 Å². The molecule has 1 saturated heterocycles. The summed E-state index contributed by atoms with van der Waals surface area (Å²) in [7, 11) is 0. The number of carbonyl (C=O) groups is 2. The van der Waals surface area contributed by atoms with Crippen molar-refractivity contribution in [2.75, 3.05) is 6.61 Å². The number of hydrogen-bond donors (Lipinski definition) is 1. The lowest BCUT2D eigenvalue weighted by Gasteiger charge is -2.33. The highest BCUT2D eigenvalue weighted by Gasteiger charge is 2.45. The Labute approximate surface area is 113 Å². The number of esters is 1. The highest BCUT2D eigenvalue weighted by Crippen LogP contribution is 2.40. The average Bonchev–Trinajstić information content (AvgIpc) is 2.62. The van der Waals surface area contributed by atoms with Crippen LogP contribution in [0.2, 0.25) is 0 Å². The molecule has 1 heterocycles. The third-order valence-corrected chi connectivity index (χ3v) is 3.48. The van der Waals surface area contributed by atoms with E-state index >= 15 is 0 Å². The van der Waals surface area contributed by atoms with Crippen molar-refractivity contribution in [2.24, 2.45) is 11.8 Å². The Bertz CT molecular complexity index is 410. The molecule has 2 aliphatic rings. The summed E-state index contributed by atoms with van der Waals surface area (Å²) in [6, 6.07) is -0.184. The second kappa shape index (κ2) is 4.87. The van der Waals surface area contributed by atoms with E-state index in [0.717, 1.165) is 12.0 Å². The van der Waals surface area contributed by atoms with Gasteiger partial charge in [0, 0.05) is 0 Å². The molecule has 0 aromatic heterocycles. The fraction of sp³-hybridized carbons (Fsp3) is 0.714. The van der Waals surface area contributed by atoms with Crippen LogP contribution >= 0.6 is 0 Å². The predicted molar refractivity (Wildman–Crippen MR) is 69.5 cm³/mol. The van der Waals surface area contributed by atoms with E-state index in [0.29, 0.717) is 6.42 Å². The highest BCUT2D eigenvalue weighted by molar-refractivity contribution is 5.76. The molecular weight excluding hydrogens is 246 g/mol. The molecule has 1 amide bonds. The summed E-state index contributed by atoms with van der Waals surface area (Å²) in [5.74, 6) is -0.256. The van der Waals surface area contributed by atoms with Crippen molar-refractivity contribution in [2.45, 2.75) is 45.3 Å². The maximum absolute atomic E-state index is 11.8. The van der Waals surface area contributed by atoms with E-state index in [9.17, 15) is 9.59 Å². The highest BCUT2D eigenvalue weighted by atomic mass is 16.6. The molecule has 0 bridgehead atoms. The van der Waals surface area contributed by atoms with Crippen molar-refractivity contribution in [3.63, 3.8) is 0 Å². The molecule has 1 N–H and O–H groups in total. The molecule has 0 aromatic rings. The summed E-state index contributed by atoms with van der Waals surface area (Å²) in [5.41, 5.74) is 0.513. The van der Waals surface area contributed by atoms with E-state index in [1.807, 2.05) is 20.8 Å². The Morgan fingerprint density at radius 3 is 2.74 bits per heavy atom. The van der Waals surface area contributed by atoms with Crippen molar-refractivity contribution < 1.29 is 19.1 Å². The van der Waals surface area contributed by atoms with Gasteiger partial charge in [-0.25, -0.2) is 4.79 Å². The smallest absolute Gasteiger partial charge is 0.408 e. The van der Waals surface area contributed by atoms with Gasteiger partial charge < -0.3 is 14.8 Å². The molecule has 5 nitrogen and oxygen atoms in total. The zero-order valence-corrected chi connectivity index (χ0v) is 11.7. The molecule has 0 unspecified atom stereocenters. The normalized spacial score (nSPS) is 30.6. The lowest BCUT2D eigenvalue weighted by atomic mass is 9.87. The predicted octanol–water partition coefficient (Wildman–Crippen LogP) is 2.02. The molecule has 19 heavy (non-hydrogen) atoms. The van der Waals surface area contributed by atoms with Crippen molar-refractivity contribution in [1.29, 1.82) is 0 Å². The maximum Gasteiger partial charge on any atom is 0.408 e. The van der Waals surface area contributed by atoms with Gasteiger partial charge in [-0.2, -0.15) is 0 Å². The van der Waals surface area contributed by atoms with Crippen LogP contribution in [0.5, 0.6) is 0 Å². The van der Waals surface area contributed by atoms with E-state index < -0.39 is 11.7 Å². The monoisotopic (exact) mass is 267 g/mol. The van der Waals surface area contributed by atoms with Gasteiger partial charge in [0.2, 0.25) is 0 Å². The number of carbonyl (C=O) groups excluding carboxylic acids is 2. The van der Waals surface area contributed by atoms with Crippen molar-refractivity contribution >= 4 is 12.1 Å². The van der Waals surface area contributed by atoms with Gasteiger partial charge in [-0.05, 0) is 39.5 Å². The van der Waals surface area contributed by atoms with Gasteiger partial charge in [-0.1, -0.05) is 12.2 Å². The fourth-order valence-electron chi connectivity index (χ4n) is 2.71. The molecule has 1 aliphatic heterocycles. The number of allylic oxidation sites excluding steroid dienone is 1. The summed E-state index contributed by atoms with van der Waals surface area (Å²) in [6.07, 6.45) is 0.961. The van der Waals surface area contributed by atoms with E-state index in [-0.39, 0.29) is 30.5 Å². The largest absolute Gasteiger partial charge is 0.463 e. The second-order valence-electron chi connectivity index (χ2n) is 6.31. The molecule has 0 radical (unpaired) electrons. The van der Waals surface area contributed by atoms with Crippen molar-refractivity contribution in [3.8, 4) is 0 Å². The number of amides is 1. The Balaban J connectivity index is 1.99. The first-order chi connectivity index (χ1) is 8.76. The number of ether oxygens (including phenoxy) is 2. The number of rotatable bonds is 1. The van der Waals surface area contributed by atoms with Crippen LogP contribution in [0.15, 0.2) is 12.2 Å². The maximum atomic E-state index is 11.8. The molecule has 2 fully saturated rings. The van der Waals surface area contributed by atoms with Crippen LogP contribution in [0.3, 0.4) is 0 Å². The summed E-state index contributed by atoms with van der Waals surface area (Å²) in [5, 5.41) is 2.81. The van der Waals surface area contributed by atoms with E-state index in [4.69, 9.17) is 9.47 Å². The average molecular weight is 267 g/mol. The number of alkyl carbamates (subject to hydrolysis) is 1. The number of nitrogens with one attached hydrogen (secondary N) is 1. The Morgan fingerprint density at radius 2 is 2.11 bits per heavy atom. The van der Waals surface area contributed by atoms with E-state index in [1.165, 1.54) is 0 Å². The van der Waals surface area contributed by atoms with Gasteiger partial charge in [0.1, 0.15) is 12.2 Å². The summed E-state index contributed by atoms with van der Waals surface area (Å²) >= 11 is 0. The SMILES string of the molecule is C=C1C[C@@H]2[C@H](C1)C(=O)OC[C@H]2NC(=O)OC(C)(C)C. The van der Waals surface area contributed by atoms with Crippen LogP contribution < -0.4 is 5.32 Å². The van der Waals surface area contributed by atoms with Gasteiger partial charge >= 0.3 is 12.1 Å². The Kier molecular flexibility index (Phi) is 3.56. The molecule has 1 saturated carbocycles. The Morgan fingerprint density at radius 1 is 1.42 bits per heavy atom. The number of hydrogen-bond acceptors (Lipinski definition) is 4. The summed E-state index contributed by atoms with van der Waals surface area (Å²) in [6.45, 7) is 9.59. The van der Waals surface area contributed by atoms with Crippen LogP contribution in [-0.2, 0) is 14.3 Å².